The highest BCUT2D eigenvalue weighted by Gasteiger charge is 2.25. The fraction of sp³-hybridized carbons (Fsp3) is 0.650. The Labute approximate surface area is 169 Å². The van der Waals surface area contributed by atoms with Crippen LogP contribution >= 0.6 is 23.1 Å². The molecular weight excluding hydrogens is 378 g/mol. The van der Waals surface area contributed by atoms with Crippen LogP contribution in [0.25, 0.3) is 10.2 Å². The van der Waals surface area contributed by atoms with Crippen LogP contribution in [0.4, 0.5) is 0 Å². The minimum atomic E-state index is 0.0315. The molecule has 148 valence electrons. The molecule has 3 rings (SSSR count). The van der Waals surface area contributed by atoms with E-state index in [1.165, 1.54) is 22.2 Å². The van der Waals surface area contributed by atoms with Gasteiger partial charge in [0.25, 0.3) is 5.56 Å². The third-order valence-electron chi connectivity index (χ3n) is 5.13. The zero-order valence-electron chi connectivity index (χ0n) is 16.9. The van der Waals surface area contributed by atoms with Gasteiger partial charge in [0, 0.05) is 25.5 Å². The van der Waals surface area contributed by atoms with E-state index in [0.717, 1.165) is 35.9 Å². The van der Waals surface area contributed by atoms with Crippen molar-refractivity contribution in [2.45, 2.75) is 58.2 Å². The predicted molar refractivity (Wildman–Crippen MR) is 114 cm³/mol. The summed E-state index contributed by atoms with van der Waals surface area (Å²) in [5.74, 6) is 1.50. The molecule has 0 spiro atoms. The van der Waals surface area contributed by atoms with Crippen molar-refractivity contribution in [2.24, 2.45) is 11.8 Å². The number of thiophene rings is 1. The summed E-state index contributed by atoms with van der Waals surface area (Å²) in [5.41, 5.74) is 1.30. The number of fused-ring (bicyclic) bond motifs is 3. The average molecular weight is 408 g/mol. The highest BCUT2D eigenvalue weighted by molar-refractivity contribution is 7.99. The fourth-order valence-corrected chi connectivity index (χ4v) is 5.78. The SMILES string of the molecule is CC(C)CCn1c(SCC(=O)N(C)C)nc2sc3c(c2c1=O)CCC(C)C3. The van der Waals surface area contributed by atoms with Crippen molar-refractivity contribution in [3.63, 3.8) is 0 Å². The van der Waals surface area contributed by atoms with Crippen molar-refractivity contribution in [3.05, 3.63) is 20.8 Å². The number of aromatic nitrogens is 2. The lowest BCUT2D eigenvalue weighted by molar-refractivity contribution is -0.125. The maximum absolute atomic E-state index is 13.4. The fourth-order valence-electron chi connectivity index (χ4n) is 3.35. The minimum absolute atomic E-state index is 0.0315. The van der Waals surface area contributed by atoms with Crippen LogP contribution in [-0.2, 0) is 24.2 Å². The number of aryl methyl sites for hydroxylation is 1. The van der Waals surface area contributed by atoms with Crippen LogP contribution in [0.2, 0.25) is 0 Å². The smallest absolute Gasteiger partial charge is 0.263 e. The lowest BCUT2D eigenvalue weighted by atomic mass is 9.89. The number of hydrogen-bond donors (Lipinski definition) is 0. The molecule has 2 heterocycles. The van der Waals surface area contributed by atoms with E-state index in [2.05, 4.69) is 20.8 Å². The monoisotopic (exact) mass is 407 g/mol. The number of amides is 1. The van der Waals surface area contributed by atoms with E-state index in [4.69, 9.17) is 4.98 Å². The molecule has 0 saturated heterocycles. The summed E-state index contributed by atoms with van der Waals surface area (Å²) < 4.78 is 1.81. The Bertz CT molecular complexity index is 899. The van der Waals surface area contributed by atoms with Crippen LogP contribution in [0.1, 0.15) is 44.1 Å². The van der Waals surface area contributed by atoms with E-state index in [-0.39, 0.29) is 11.5 Å². The molecule has 0 bridgehead atoms. The van der Waals surface area contributed by atoms with E-state index in [0.29, 0.717) is 29.3 Å². The van der Waals surface area contributed by atoms with Gasteiger partial charge in [-0.1, -0.05) is 32.5 Å². The van der Waals surface area contributed by atoms with Crippen LogP contribution in [0.5, 0.6) is 0 Å². The van der Waals surface area contributed by atoms with Crippen LogP contribution in [-0.4, -0.2) is 40.2 Å². The third kappa shape index (κ3) is 4.40. The number of rotatable bonds is 6. The number of carbonyl (C=O) groups excluding carboxylic acids is 1. The molecule has 1 aliphatic carbocycles. The van der Waals surface area contributed by atoms with Crippen molar-refractivity contribution in [2.75, 3.05) is 19.8 Å². The van der Waals surface area contributed by atoms with Crippen molar-refractivity contribution in [1.29, 1.82) is 0 Å². The van der Waals surface area contributed by atoms with Gasteiger partial charge in [-0.3, -0.25) is 14.2 Å². The predicted octanol–water partition coefficient (Wildman–Crippen LogP) is 3.81. The number of nitrogens with zero attached hydrogens (tertiary/aromatic N) is 3. The van der Waals surface area contributed by atoms with E-state index >= 15 is 0 Å². The van der Waals surface area contributed by atoms with E-state index < -0.39 is 0 Å². The first-order valence-electron chi connectivity index (χ1n) is 9.66. The van der Waals surface area contributed by atoms with Crippen LogP contribution in [0.3, 0.4) is 0 Å². The second kappa shape index (κ2) is 8.35. The van der Waals surface area contributed by atoms with E-state index in [1.54, 1.807) is 34.9 Å². The second-order valence-electron chi connectivity index (χ2n) is 8.14. The standard InChI is InChI=1S/C20H29N3O2S2/c1-12(2)8-9-23-19(25)17-14-7-6-13(3)10-15(14)27-18(17)21-20(23)26-11-16(24)22(4)5/h12-13H,6-11H2,1-5H3. The zero-order chi connectivity index (χ0) is 19.7. The van der Waals surface area contributed by atoms with Crippen molar-refractivity contribution < 1.29 is 4.79 Å². The molecule has 0 fully saturated rings. The zero-order valence-corrected chi connectivity index (χ0v) is 18.5. The van der Waals surface area contributed by atoms with Crippen LogP contribution in [0, 0.1) is 11.8 Å². The summed E-state index contributed by atoms with van der Waals surface area (Å²) in [4.78, 5) is 34.0. The third-order valence-corrected chi connectivity index (χ3v) is 7.24. The average Bonchev–Trinajstić information content (AvgIpc) is 2.95. The minimum Gasteiger partial charge on any atom is -0.348 e. The Hall–Kier alpha value is -1.34. The lowest BCUT2D eigenvalue weighted by Crippen LogP contribution is -2.27. The molecule has 2 aromatic heterocycles. The van der Waals surface area contributed by atoms with Crippen LogP contribution in [0.15, 0.2) is 9.95 Å². The topological polar surface area (TPSA) is 55.2 Å². The molecule has 5 nitrogen and oxygen atoms in total. The quantitative estimate of drug-likeness (QED) is 0.540. The van der Waals surface area contributed by atoms with E-state index in [9.17, 15) is 9.59 Å². The van der Waals surface area contributed by atoms with Gasteiger partial charge in [-0.05, 0) is 43.1 Å². The molecule has 0 aromatic carbocycles. The number of thioether (sulfide) groups is 1. The Morgan fingerprint density at radius 1 is 1.41 bits per heavy atom. The Balaban J connectivity index is 2.05. The van der Waals surface area contributed by atoms with Gasteiger partial charge in [-0.25, -0.2) is 4.98 Å². The highest BCUT2D eigenvalue weighted by atomic mass is 32.2. The largest absolute Gasteiger partial charge is 0.348 e. The highest BCUT2D eigenvalue weighted by Crippen LogP contribution is 2.36. The van der Waals surface area contributed by atoms with Gasteiger partial charge in [0.15, 0.2) is 5.16 Å². The van der Waals surface area contributed by atoms with Crippen molar-refractivity contribution in [1.82, 2.24) is 14.5 Å². The summed E-state index contributed by atoms with van der Waals surface area (Å²) in [6.45, 7) is 7.25. The number of hydrogen-bond acceptors (Lipinski definition) is 5. The van der Waals surface area contributed by atoms with Gasteiger partial charge < -0.3 is 4.90 Å². The van der Waals surface area contributed by atoms with Gasteiger partial charge in [-0.2, -0.15) is 0 Å². The molecule has 2 aromatic rings. The Kier molecular flexibility index (Phi) is 6.31. The van der Waals surface area contributed by atoms with Gasteiger partial charge in [0.2, 0.25) is 5.91 Å². The molecule has 1 aliphatic rings. The molecular formula is C20H29N3O2S2. The maximum Gasteiger partial charge on any atom is 0.263 e. The van der Waals surface area contributed by atoms with Gasteiger partial charge in [0.05, 0.1) is 11.1 Å². The first-order valence-corrected chi connectivity index (χ1v) is 11.5. The van der Waals surface area contributed by atoms with Crippen molar-refractivity contribution in [3.8, 4) is 0 Å². The molecule has 7 heteroatoms. The maximum atomic E-state index is 13.4. The normalized spacial score (nSPS) is 16.7. The first-order chi connectivity index (χ1) is 12.8. The number of carbonyl (C=O) groups is 1. The molecule has 0 N–H and O–H groups in total. The second-order valence-corrected chi connectivity index (χ2v) is 10.2. The Morgan fingerprint density at radius 3 is 2.81 bits per heavy atom. The summed E-state index contributed by atoms with van der Waals surface area (Å²) in [5, 5.41) is 1.50. The first kappa shape index (κ1) is 20.4. The molecule has 1 atom stereocenters. The molecule has 0 radical (unpaired) electrons. The summed E-state index contributed by atoms with van der Waals surface area (Å²) in [6, 6.07) is 0. The molecule has 0 saturated carbocycles. The summed E-state index contributed by atoms with van der Waals surface area (Å²) >= 11 is 3.05. The molecule has 27 heavy (non-hydrogen) atoms. The summed E-state index contributed by atoms with van der Waals surface area (Å²) in [6.07, 6.45) is 4.08. The van der Waals surface area contributed by atoms with Gasteiger partial charge >= 0.3 is 0 Å². The molecule has 1 amide bonds. The van der Waals surface area contributed by atoms with Crippen molar-refractivity contribution >= 4 is 39.2 Å². The molecule has 1 unspecified atom stereocenters. The summed E-state index contributed by atoms with van der Waals surface area (Å²) in [7, 11) is 3.50. The lowest BCUT2D eigenvalue weighted by Gasteiger charge is -2.18. The van der Waals surface area contributed by atoms with E-state index in [1.807, 2.05) is 0 Å². The van der Waals surface area contributed by atoms with Gasteiger partial charge in [0.1, 0.15) is 4.83 Å². The van der Waals surface area contributed by atoms with Gasteiger partial charge in [-0.15, -0.1) is 11.3 Å². The molecule has 0 aliphatic heterocycles. The Morgan fingerprint density at radius 2 is 2.15 bits per heavy atom. The van der Waals surface area contributed by atoms with Crippen LogP contribution < -0.4 is 5.56 Å².